The highest BCUT2D eigenvalue weighted by atomic mass is 16.5. The van der Waals surface area contributed by atoms with Gasteiger partial charge >= 0.3 is 0 Å². The molecule has 3 aromatic carbocycles. The van der Waals surface area contributed by atoms with E-state index in [1.807, 2.05) is 12.1 Å². The number of hydrogen-bond acceptors (Lipinski definition) is 1. The number of benzene rings is 3. The van der Waals surface area contributed by atoms with E-state index in [9.17, 15) is 0 Å². The molecule has 0 heterocycles. The van der Waals surface area contributed by atoms with Gasteiger partial charge in [0.15, 0.2) is 0 Å². The Hall–Kier alpha value is -2.54. The molecule has 1 heteroatoms. The van der Waals surface area contributed by atoms with Crippen LogP contribution in [0.15, 0.2) is 66.7 Å². The maximum atomic E-state index is 5.25. The molecule has 0 aromatic heterocycles. The minimum atomic E-state index is 0.886. The van der Waals surface area contributed by atoms with Crippen LogP contribution in [0.2, 0.25) is 0 Å². The first-order valence-corrected chi connectivity index (χ1v) is 7.50. The van der Waals surface area contributed by atoms with Crippen LogP contribution in [0, 0.1) is 13.8 Å². The topological polar surface area (TPSA) is 9.23 Å². The van der Waals surface area contributed by atoms with Crippen LogP contribution in [0.5, 0.6) is 5.75 Å². The van der Waals surface area contributed by atoms with Crippen molar-refractivity contribution in [3.05, 3.63) is 77.9 Å². The maximum Gasteiger partial charge on any atom is 0.118 e. The first-order chi connectivity index (χ1) is 10.7. The summed E-state index contributed by atoms with van der Waals surface area (Å²) in [6.45, 7) is 4.35. The van der Waals surface area contributed by atoms with E-state index in [1.54, 1.807) is 7.11 Å². The van der Waals surface area contributed by atoms with Crippen molar-refractivity contribution in [1.29, 1.82) is 0 Å². The quantitative estimate of drug-likeness (QED) is 0.605. The van der Waals surface area contributed by atoms with Crippen LogP contribution in [-0.2, 0) is 0 Å². The summed E-state index contributed by atoms with van der Waals surface area (Å²) in [6, 6.07) is 23.3. The lowest BCUT2D eigenvalue weighted by molar-refractivity contribution is 0.415. The molecule has 1 nitrogen and oxygen atoms in total. The van der Waals surface area contributed by atoms with Crippen molar-refractivity contribution in [2.24, 2.45) is 0 Å². The molecule has 3 rings (SSSR count). The monoisotopic (exact) mass is 288 g/mol. The van der Waals surface area contributed by atoms with E-state index in [4.69, 9.17) is 4.74 Å². The summed E-state index contributed by atoms with van der Waals surface area (Å²) in [5.74, 6) is 0.886. The molecule has 0 aliphatic rings. The Morgan fingerprint density at radius 3 is 1.77 bits per heavy atom. The Morgan fingerprint density at radius 1 is 0.682 bits per heavy atom. The SMILES string of the molecule is COc1ccc(-c2cc(C)cc(-c3ccccc3)c2C)cc1. The molecule has 110 valence electrons. The zero-order valence-electron chi connectivity index (χ0n) is 13.3. The molecule has 0 saturated heterocycles. The highest BCUT2D eigenvalue weighted by molar-refractivity contribution is 5.79. The molecule has 0 aliphatic heterocycles. The van der Waals surface area contributed by atoms with Gasteiger partial charge in [-0.3, -0.25) is 0 Å². The van der Waals surface area contributed by atoms with Crippen LogP contribution in [0.25, 0.3) is 22.3 Å². The molecular weight excluding hydrogens is 268 g/mol. The van der Waals surface area contributed by atoms with Gasteiger partial charge in [-0.05, 0) is 59.4 Å². The zero-order chi connectivity index (χ0) is 15.5. The first-order valence-electron chi connectivity index (χ1n) is 7.50. The number of hydrogen-bond donors (Lipinski definition) is 0. The molecule has 0 atom stereocenters. The van der Waals surface area contributed by atoms with Crippen molar-refractivity contribution in [1.82, 2.24) is 0 Å². The average molecular weight is 288 g/mol. The van der Waals surface area contributed by atoms with Gasteiger partial charge in [0.1, 0.15) is 5.75 Å². The summed E-state index contributed by atoms with van der Waals surface area (Å²) in [7, 11) is 1.69. The van der Waals surface area contributed by atoms with Crippen molar-refractivity contribution in [3.8, 4) is 28.0 Å². The van der Waals surface area contributed by atoms with Gasteiger partial charge in [-0.1, -0.05) is 54.6 Å². The second-order valence-corrected chi connectivity index (χ2v) is 5.58. The van der Waals surface area contributed by atoms with Crippen molar-refractivity contribution in [2.45, 2.75) is 13.8 Å². The minimum Gasteiger partial charge on any atom is -0.497 e. The third-order valence-electron chi connectivity index (χ3n) is 4.04. The van der Waals surface area contributed by atoms with E-state index in [0.717, 1.165) is 5.75 Å². The summed E-state index contributed by atoms with van der Waals surface area (Å²) in [6.07, 6.45) is 0. The van der Waals surface area contributed by atoms with E-state index < -0.39 is 0 Å². The van der Waals surface area contributed by atoms with Crippen LogP contribution < -0.4 is 4.74 Å². The van der Waals surface area contributed by atoms with Gasteiger partial charge in [0.25, 0.3) is 0 Å². The summed E-state index contributed by atoms with van der Waals surface area (Å²) < 4.78 is 5.25. The van der Waals surface area contributed by atoms with Crippen LogP contribution in [0.1, 0.15) is 11.1 Å². The van der Waals surface area contributed by atoms with Gasteiger partial charge in [0.05, 0.1) is 7.11 Å². The van der Waals surface area contributed by atoms with Gasteiger partial charge in [0.2, 0.25) is 0 Å². The van der Waals surface area contributed by atoms with Crippen LogP contribution in [0.3, 0.4) is 0 Å². The Bertz CT molecular complexity index is 771. The molecule has 0 N–H and O–H groups in total. The molecule has 0 bridgehead atoms. The molecule has 0 unspecified atom stereocenters. The number of ether oxygens (including phenoxy) is 1. The lowest BCUT2D eigenvalue weighted by Crippen LogP contribution is -1.91. The first kappa shape index (κ1) is 14.4. The molecular formula is C21H20O. The largest absolute Gasteiger partial charge is 0.497 e. The van der Waals surface area contributed by atoms with Crippen molar-refractivity contribution >= 4 is 0 Å². The van der Waals surface area contributed by atoms with E-state index in [0.29, 0.717) is 0 Å². The van der Waals surface area contributed by atoms with E-state index >= 15 is 0 Å². The fourth-order valence-electron chi connectivity index (χ4n) is 2.85. The smallest absolute Gasteiger partial charge is 0.118 e. The predicted octanol–water partition coefficient (Wildman–Crippen LogP) is 5.65. The third kappa shape index (κ3) is 2.75. The predicted molar refractivity (Wildman–Crippen MR) is 93.3 cm³/mol. The molecule has 0 radical (unpaired) electrons. The van der Waals surface area contributed by atoms with Gasteiger partial charge < -0.3 is 4.74 Å². The summed E-state index contributed by atoms with van der Waals surface area (Å²) in [4.78, 5) is 0. The fourth-order valence-corrected chi connectivity index (χ4v) is 2.85. The summed E-state index contributed by atoms with van der Waals surface area (Å²) in [5, 5.41) is 0. The van der Waals surface area contributed by atoms with Gasteiger partial charge in [-0.25, -0.2) is 0 Å². The Labute approximate surface area is 132 Å². The highest BCUT2D eigenvalue weighted by Crippen LogP contribution is 2.33. The number of rotatable bonds is 3. The van der Waals surface area contributed by atoms with Crippen LogP contribution in [0.4, 0.5) is 0 Å². The third-order valence-corrected chi connectivity index (χ3v) is 4.04. The van der Waals surface area contributed by atoms with Crippen molar-refractivity contribution in [2.75, 3.05) is 7.11 Å². The molecule has 0 aliphatic carbocycles. The van der Waals surface area contributed by atoms with Crippen LogP contribution >= 0.6 is 0 Å². The number of methoxy groups -OCH3 is 1. The number of aryl methyl sites for hydroxylation is 1. The standard InChI is InChI=1S/C21H20O/c1-15-13-20(17-7-5-4-6-8-17)16(2)21(14-15)18-9-11-19(22-3)12-10-18/h4-14H,1-3H3. The molecule has 0 fully saturated rings. The Balaban J connectivity index is 2.14. The summed E-state index contributed by atoms with van der Waals surface area (Å²) >= 11 is 0. The average Bonchev–Trinajstić information content (AvgIpc) is 2.57. The van der Waals surface area contributed by atoms with Crippen LogP contribution in [-0.4, -0.2) is 7.11 Å². The summed E-state index contributed by atoms with van der Waals surface area (Å²) in [5.41, 5.74) is 7.64. The molecule has 0 spiro atoms. The Kier molecular flexibility index (Phi) is 3.97. The zero-order valence-corrected chi connectivity index (χ0v) is 13.3. The second kappa shape index (κ2) is 6.07. The second-order valence-electron chi connectivity index (χ2n) is 5.58. The minimum absolute atomic E-state index is 0.886. The van der Waals surface area contributed by atoms with Crippen molar-refractivity contribution in [3.63, 3.8) is 0 Å². The van der Waals surface area contributed by atoms with Gasteiger partial charge in [-0.2, -0.15) is 0 Å². The maximum absolute atomic E-state index is 5.25. The van der Waals surface area contributed by atoms with Gasteiger partial charge in [-0.15, -0.1) is 0 Å². The lowest BCUT2D eigenvalue weighted by atomic mass is 9.91. The molecule has 22 heavy (non-hydrogen) atoms. The molecule has 0 amide bonds. The Morgan fingerprint density at radius 2 is 1.23 bits per heavy atom. The van der Waals surface area contributed by atoms with E-state index in [2.05, 4.69) is 68.4 Å². The molecule has 3 aromatic rings. The highest BCUT2D eigenvalue weighted by Gasteiger charge is 2.09. The van der Waals surface area contributed by atoms with Gasteiger partial charge in [0, 0.05) is 0 Å². The lowest BCUT2D eigenvalue weighted by Gasteiger charge is -2.14. The normalized spacial score (nSPS) is 10.5. The van der Waals surface area contributed by atoms with E-state index in [-0.39, 0.29) is 0 Å². The van der Waals surface area contributed by atoms with E-state index in [1.165, 1.54) is 33.4 Å². The van der Waals surface area contributed by atoms with Crippen molar-refractivity contribution < 1.29 is 4.74 Å². The molecule has 0 saturated carbocycles. The fraction of sp³-hybridized carbons (Fsp3) is 0.143.